The van der Waals surface area contributed by atoms with E-state index < -0.39 is 0 Å². The summed E-state index contributed by atoms with van der Waals surface area (Å²) in [6.07, 6.45) is 6.93. The molecule has 3 heteroatoms. The van der Waals surface area contributed by atoms with Crippen LogP contribution in [0.15, 0.2) is 24.9 Å². The van der Waals surface area contributed by atoms with Gasteiger partial charge in [0.2, 0.25) is 0 Å². The number of hydrogen-bond donors (Lipinski definition) is 1. The van der Waals surface area contributed by atoms with Crippen molar-refractivity contribution in [1.29, 1.82) is 0 Å². The second-order valence-electron chi connectivity index (χ2n) is 3.24. The summed E-state index contributed by atoms with van der Waals surface area (Å²) >= 11 is 0. The van der Waals surface area contributed by atoms with Crippen LogP contribution < -0.4 is 5.73 Å². The van der Waals surface area contributed by atoms with E-state index in [1.54, 1.807) is 4.68 Å². The van der Waals surface area contributed by atoms with Crippen molar-refractivity contribution in [3.63, 3.8) is 0 Å². The van der Waals surface area contributed by atoms with Crippen LogP contribution in [-0.4, -0.2) is 9.78 Å². The van der Waals surface area contributed by atoms with Gasteiger partial charge in [0, 0.05) is 19.3 Å². The zero-order valence-corrected chi connectivity index (χ0v) is 8.11. The Bertz CT molecular complexity index is 265. The van der Waals surface area contributed by atoms with Crippen LogP contribution >= 0.6 is 0 Å². The number of nitrogens with two attached hydrogens (primary N) is 1. The van der Waals surface area contributed by atoms with Crippen molar-refractivity contribution in [3.8, 4) is 0 Å². The molecular formula is C10H17N3. The van der Waals surface area contributed by atoms with Crippen molar-refractivity contribution in [1.82, 2.24) is 9.78 Å². The highest BCUT2D eigenvalue weighted by Gasteiger charge is 2.07. The lowest BCUT2D eigenvalue weighted by Gasteiger charge is -2.06. The predicted octanol–water partition coefficient (Wildman–Crippen LogP) is 1.78. The maximum Gasteiger partial charge on any atom is 0.0791 e. The molecule has 1 heterocycles. The minimum absolute atomic E-state index is 0.0705. The SMILES string of the molecule is C=CCCCC(N)c1ccn(C)n1. The van der Waals surface area contributed by atoms with E-state index in [2.05, 4.69) is 11.7 Å². The van der Waals surface area contributed by atoms with Crippen molar-refractivity contribution >= 4 is 0 Å². The third-order valence-corrected chi connectivity index (χ3v) is 2.04. The second-order valence-corrected chi connectivity index (χ2v) is 3.24. The number of unbranched alkanes of at least 4 members (excludes halogenated alkanes) is 1. The Hall–Kier alpha value is -1.09. The molecule has 13 heavy (non-hydrogen) atoms. The summed E-state index contributed by atoms with van der Waals surface area (Å²) in [6, 6.07) is 2.04. The lowest BCUT2D eigenvalue weighted by Crippen LogP contribution is -2.11. The average Bonchev–Trinajstić information content (AvgIpc) is 2.52. The summed E-state index contributed by atoms with van der Waals surface area (Å²) in [5, 5.41) is 4.26. The smallest absolute Gasteiger partial charge is 0.0791 e. The van der Waals surface area contributed by atoms with E-state index in [9.17, 15) is 0 Å². The Balaban J connectivity index is 2.39. The molecule has 0 fully saturated rings. The van der Waals surface area contributed by atoms with Crippen molar-refractivity contribution in [3.05, 3.63) is 30.6 Å². The maximum absolute atomic E-state index is 5.94. The summed E-state index contributed by atoms with van der Waals surface area (Å²) in [7, 11) is 1.90. The molecule has 0 radical (unpaired) electrons. The highest BCUT2D eigenvalue weighted by Crippen LogP contribution is 2.14. The molecule has 2 N–H and O–H groups in total. The molecule has 0 amide bonds. The van der Waals surface area contributed by atoms with Crippen LogP contribution in [0.5, 0.6) is 0 Å². The molecule has 0 saturated heterocycles. The summed E-state index contributed by atoms with van der Waals surface area (Å²) in [4.78, 5) is 0. The third-order valence-electron chi connectivity index (χ3n) is 2.04. The van der Waals surface area contributed by atoms with Gasteiger partial charge in [-0.1, -0.05) is 6.08 Å². The van der Waals surface area contributed by atoms with Crippen molar-refractivity contribution in [2.75, 3.05) is 0 Å². The zero-order chi connectivity index (χ0) is 9.68. The number of aryl methyl sites for hydroxylation is 1. The first-order valence-electron chi connectivity index (χ1n) is 4.60. The Kier molecular flexibility index (Phi) is 3.71. The predicted molar refractivity (Wildman–Crippen MR) is 54.2 cm³/mol. The van der Waals surface area contributed by atoms with E-state index in [4.69, 9.17) is 5.73 Å². The van der Waals surface area contributed by atoms with Crippen LogP contribution in [0.3, 0.4) is 0 Å². The molecule has 1 aromatic heterocycles. The zero-order valence-electron chi connectivity index (χ0n) is 8.11. The highest BCUT2D eigenvalue weighted by atomic mass is 15.3. The van der Waals surface area contributed by atoms with Crippen LogP contribution in [0.1, 0.15) is 31.0 Å². The molecule has 1 atom stereocenters. The standard InChI is InChI=1S/C10H17N3/c1-3-4-5-6-9(11)10-7-8-13(2)12-10/h3,7-9H,1,4-6,11H2,2H3. The first-order valence-corrected chi connectivity index (χ1v) is 4.60. The quantitative estimate of drug-likeness (QED) is 0.553. The average molecular weight is 179 g/mol. The van der Waals surface area contributed by atoms with Crippen LogP contribution in [0, 0.1) is 0 Å². The Morgan fingerprint density at radius 3 is 3.08 bits per heavy atom. The van der Waals surface area contributed by atoms with E-state index in [0.717, 1.165) is 25.0 Å². The first kappa shape index (κ1) is 9.99. The molecule has 72 valence electrons. The molecule has 1 unspecified atom stereocenters. The number of nitrogens with zero attached hydrogens (tertiary/aromatic N) is 2. The molecule has 1 aromatic rings. The topological polar surface area (TPSA) is 43.8 Å². The normalized spacial score (nSPS) is 12.8. The maximum atomic E-state index is 5.94. The number of rotatable bonds is 5. The number of aromatic nitrogens is 2. The minimum Gasteiger partial charge on any atom is -0.323 e. The Labute approximate surface area is 79.2 Å². The monoisotopic (exact) mass is 179 g/mol. The molecular weight excluding hydrogens is 162 g/mol. The fraction of sp³-hybridized carbons (Fsp3) is 0.500. The van der Waals surface area contributed by atoms with Gasteiger partial charge in [-0.3, -0.25) is 4.68 Å². The molecule has 0 aliphatic rings. The van der Waals surface area contributed by atoms with Crippen LogP contribution in [-0.2, 0) is 7.05 Å². The summed E-state index contributed by atoms with van der Waals surface area (Å²) in [5.41, 5.74) is 6.92. The molecule has 3 nitrogen and oxygen atoms in total. The third kappa shape index (κ3) is 3.03. The van der Waals surface area contributed by atoms with Crippen molar-refractivity contribution < 1.29 is 0 Å². The van der Waals surface area contributed by atoms with Gasteiger partial charge in [0.15, 0.2) is 0 Å². The van der Waals surface area contributed by atoms with Gasteiger partial charge in [-0.15, -0.1) is 6.58 Å². The van der Waals surface area contributed by atoms with Gasteiger partial charge in [-0.05, 0) is 25.3 Å². The van der Waals surface area contributed by atoms with Crippen molar-refractivity contribution in [2.24, 2.45) is 12.8 Å². The van der Waals surface area contributed by atoms with Gasteiger partial charge in [-0.25, -0.2) is 0 Å². The summed E-state index contributed by atoms with van der Waals surface area (Å²) in [6.45, 7) is 3.67. The molecule has 0 aliphatic heterocycles. The lowest BCUT2D eigenvalue weighted by atomic mass is 10.1. The largest absolute Gasteiger partial charge is 0.323 e. The minimum atomic E-state index is 0.0705. The molecule has 0 aromatic carbocycles. The Morgan fingerprint density at radius 2 is 2.54 bits per heavy atom. The van der Waals surface area contributed by atoms with E-state index in [1.165, 1.54) is 0 Å². The summed E-state index contributed by atoms with van der Waals surface area (Å²) in [5.74, 6) is 0. The number of hydrogen-bond acceptors (Lipinski definition) is 2. The van der Waals surface area contributed by atoms with Gasteiger partial charge in [-0.2, -0.15) is 5.10 Å². The van der Waals surface area contributed by atoms with Gasteiger partial charge < -0.3 is 5.73 Å². The fourth-order valence-electron chi connectivity index (χ4n) is 1.26. The van der Waals surface area contributed by atoms with Crippen LogP contribution in [0.2, 0.25) is 0 Å². The van der Waals surface area contributed by atoms with Gasteiger partial charge in [0.05, 0.1) is 5.69 Å². The van der Waals surface area contributed by atoms with E-state index in [0.29, 0.717) is 0 Å². The molecule has 0 saturated carbocycles. The summed E-state index contributed by atoms with van der Waals surface area (Å²) < 4.78 is 1.78. The lowest BCUT2D eigenvalue weighted by molar-refractivity contribution is 0.589. The highest BCUT2D eigenvalue weighted by molar-refractivity contribution is 5.04. The molecule has 0 bridgehead atoms. The van der Waals surface area contributed by atoms with E-state index in [-0.39, 0.29) is 6.04 Å². The second kappa shape index (κ2) is 4.82. The van der Waals surface area contributed by atoms with Crippen LogP contribution in [0.25, 0.3) is 0 Å². The molecule has 0 spiro atoms. The Morgan fingerprint density at radius 1 is 1.77 bits per heavy atom. The fourth-order valence-corrected chi connectivity index (χ4v) is 1.26. The van der Waals surface area contributed by atoms with E-state index in [1.807, 2.05) is 25.4 Å². The van der Waals surface area contributed by atoms with E-state index >= 15 is 0 Å². The van der Waals surface area contributed by atoms with Crippen molar-refractivity contribution in [2.45, 2.75) is 25.3 Å². The molecule has 1 rings (SSSR count). The van der Waals surface area contributed by atoms with Gasteiger partial charge in [0.1, 0.15) is 0 Å². The van der Waals surface area contributed by atoms with Gasteiger partial charge in [0.25, 0.3) is 0 Å². The molecule has 0 aliphatic carbocycles. The number of allylic oxidation sites excluding steroid dienone is 1. The van der Waals surface area contributed by atoms with Crippen LogP contribution in [0.4, 0.5) is 0 Å². The first-order chi connectivity index (χ1) is 6.24. The van der Waals surface area contributed by atoms with Gasteiger partial charge >= 0.3 is 0 Å².